The number of urea groups is 1. The molecule has 0 aliphatic carbocycles. The highest BCUT2D eigenvalue weighted by Gasteiger charge is 2.33. The first-order valence-electron chi connectivity index (χ1n) is 7.33. The van der Waals surface area contributed by atoms with Gasteiger partial charge in [-0.05, 0) is 24.1 Å². The molecule has 1 N–H and O–H groups in total. The molecule has 1 saturated heterocycles. The fourth-order valence-corrected chi connectivity index (χ4v) is 2.82. The molecule has 5 nitrogen and oxygen atoms in total. The van der Waals surface area contributed by atoms with E-state index in [1.165, 1.54) is 5.56 Å². The lowest BCUT2D eigenvalue weighted by Crippen LogP contribution is -2.47. The highest BCUT2D eigenvalue weighted by atomic mass is 16.7. The molecule has 2 amide bonds. The minimum atomic E-state index is -0.0843. The number of hydrogen-bond acceptors (Lipinski definition) is 3. The van der Waals surface area contributed by atoms with Crippen LogP contribution < -0.4 is 14.8 Å². The molecule has 2 aliphatic rings. The van der Waals surface area contributed by atoms with Crippen LogP contribution >= 0.6 is 0 Å². The summed E-state index contributed by atoms with van der Waals surface area (Å²) in [6.45, 7) is 1.00. The van der Waals surface area contributed by atoms with Crippen molar-refractivity contribution in [1.82, 2.24) is 4.90 Å². The Labute approximate surface area is 128 Å². The van der Waals surface area contributed by atoms with E-state index in [1.807, 2.05) is 35.2 Å². The van der Waals surface area contributed by atoms with Gasteiger partial charge in [0.25, 0.3) is 0 Å². The van der Waals surface area contributed by atoms with E-state index < -0.39 is 0 Å². The van der Waals surface area contributed by atoms with Gasteiger partial charge in [-0.2, -0.15) is 0 Å². The lowest BCUT2D eigenvalue weighted by molar-refractivity contribution is 0.126. The number of carbonyl (C=O) groups excluding carboxylic acids is 1. The molecule has 1 unspecified atom stereocenters. The van der Waals surface area contributed by atoms with Crippen molar-refractivity contribution in [3.05, 3.63) is 54.1 Å². The molecule has 2 aromatic rings. The first-order valence-corrected chi connectivity index (χ1v) is 7.33. The molecule has 4 rings (SSSR count). The van der Waals surface area contributed by atoms with Crippen LogP contribution in [0.3, 0.4) is 0 Å². The number of benzene rings is 2. The Morgan fingerprint density at radius 3 is 2.68 bits per heavy atom. The summed E-state index contributed by atoms with van der Waals surface area (Å²) >= 11 is 0. The summed E-state index contributed by atoms with van der Waals surface area (Å²) in [7, 11) is 0. The second-order valence-electron chi connectivity index (χ2n) is 5.41. The highest BCUT2D eigenvalue weighted by molar-refractivity contribution is 5.90. The summed E-state index contributed by atoms with van der Waals surface area (Å²) in [6.07, 6.45) is 0.999. The van der Waals surface area contributed by atoms with Crippen LogP contribution in [0.2, 0.25) is 0 Å². The van der Waals surface area contributed by atoms with E-state index in [1.54, 1.807) is 6.07 Å². The summed E-state index contributed by atoms with van der Waals surface area (Å²) in [5.74, 6) is 1.38. The maximum absolute atomic E-state index is 12.4. The van der Waals surface area contributed by atoms with Gasteiger partial charge in [0, 0.05) is 18.3 Å². The Morgan fingerprint density at radius 2 is 1.91 bits per heavy atom. The average molecular weight is 296 g/mol. The van der Waals surface area contributed by atoms with Crippen LogP contribution in [0.15, 0.2) is 48.5 Å². The second-order valence-corrected chi connectivity index (χ2v) is 5.41. The Hall–Kier alpha value is -2.69. The molecule has 0 aromatic heterocycles. The molecule has 2 heterocycles. The smallest absolute Gasteiger partial charge is 0.322 e. The Balaban J connectivity index is 1.46. The van der Waals surface area contributed by atoms with E-state index in [2.05, 4.69) is 17.4 Å². The SMILES string of the molecule is O=C(Nc1ccc2c(c1)OCO2)N1CCC1c1ccccc1. The second kappa shape index (κ2) is 5.26. The first kappa shape index (κ1) is 13.0. The van der Waals surface area contributed by atoms with Gasteiger partial charge in [-0.1, -0.05) is 30.3 Å². The Kier molecular flexibility index (Phi) is 3.11. The van der Waals surface area contributed by atoms with Gasteiger partial charge in [-0.25, -0.2) is 4.79 Å². The van der Waals surface area contributed by atoms with Crippen molar-refractivity contribution in [3.63, 3.8) is 0 Å². The lowest BCUT2D eigenvalue weighted by atomic mass is 9.95. The molecule has 1 fully saturated rings. The van der Waals surface area contributed by atoms with Gasteiger partial charge in [0.05, 0.1) is 6.04 Å². The van der Waals surface area contributed by atoms with Crippen LogP contribution in [0.1, 0.15) is 18.0 Å². The zero-order valence-corrected chi connectivity index (χ0v) is 12.0. The molecule has 0 spiro atoms. The van der Waals surface area contributed by atoms with Crippen molar-refractivity contribution in [2.75, 3.05) is 18.7 Å². The average Bonchev–Trinajstić information content (AvgIpc) is 2.94. The largest absolute Gasteiger partial charge is 0.454 e. The molecule has 2 aromatic carbocycles. The fraction of sp³-hybridized carbons (Fsp3) is 0.235. The maximum Gasteiger partial charge on any atom is 0.322 e. The normalized spacial score (nSPS) is 18.7. The molecule has 112 valence electrons. The van der Waals surface area contributed by atoms with E-state index in [9.17, 15) is 4.79 Å². The number of carbonyl (C=O) groups is 1. The number of hydrogen-bond donors (Lipinski definition) is 1. The van der Waals surface area contributed by atoms with Gasteiger partial charge >= 0.3 is 6.03 Å². The molecule has 0 radical (unpaired) electrons. The maximum atomic E-state index is 12.4. The topological polar surface area (TPSA) is 50.8 Å². The van der Waals surface area contributed by atoms with Crippen molar-refractivity contribution in [2.24, 2.45) is 0 Å². The molecule has 1 atom stereocenters. The molecule has 0 saturated carbocycles. The number of ether oxygens (including phenoxy) is 2. The van der Waals surface area contributed by atoms with Crippen molar-refractivity contribution in [3.8, 4) is 11.5 Å². The Bertz CT molecular complexity index is 702. The number of anilines is 1. The van der Waals surface area contributed by atoms with E-state index in [0.29, 0.717) is 17.2 Å². The predicted molar refractivity (Wildman–Crippen MR) is 82.1 cm³/mol. The van der Waals surface area contributed by atoms with Crippen molar-refractivity contribution in [2.45, 2.75) is 12.5 Å². The zero-order chi connectivity index (χ0) is 14.9. The molecule has 2 aliphatic heterocycles. The van der Waals surface area contributed by atoms with Gasteiger partial charge in [-0.15, -0.1) is 0 Å². The highest BCUT2D eigenvalue weighted by Crippen LogP contribution is 2.36. The summed E-state index contributed by atoms with van der Waals surface area (Å²) in [5.41, 5.74) is 1.89. The van der Waals surface area contributed by atoms with E-state index in [0.717, 1.165) is 13.0 Å². The van der Waals surface area contributed by atoms with Gasteiger partial charge < -0.3 is 19.7 Å². The van der Waals surface area contributed by atoms with Crippen LogP contribution in [0, 0.1) is 0 Å². The summed E-state index contributed by atoms with van der Waals surface area (Å²) in [5, 5.41) is 2.92. The summed E-state index contributed by atoms with van der Waals surface area (Å²) in [6, 6.07) is 15.6. The van der Waals surface area contributed by atoms with E-state index in [4.69, 9.17) is 9.47 Å². The number of nitrogens with one attached hydrogen (secondary N) is 1. The Morgan fingerprint density at radius 1 is 1.09 bits per heavy atom. The summed E-state index contributed by atoms with van der Waals surface area (Å²) < 4.78 is 10.6. The first-order chi connectivity index (χ1) is 10.8. The molecular weight excluding hydrogens is 280 g/mol. The summed E-state index contributed by atoms with van der Waals surface area (Å²) in [4.78, 5) is 14.3. The third-order valence-corrected chi connectivity index (χ3v) is 4.09. The molecular formula is C17H16N2O3. The number of amides is 2. The van der Waals surface area contributed by atoms with Crippen LogP contribution in [-0.2, 0) is 0 Å². The minimum Gasteiger partial charge on any atom is -0.454 e. The predicted octanol–water partition coefficient (Wildman–Crippen LogP) is 3.39. The quantitative estimate of drug-likeness (QED) is 0.924. The van der Waals surface area contributed by atoms with E-state index in [-0.39, 0.29) is 18.9 Å². The standard InChI is InChI=1S/C17H16N2O3/c20-17(18-13-6-7-15-16(10-13)22-11-21-15)19-9-8-14(19)12-4-2-1-3-5-12/h1-7,10,14H,8-9,11H2,(H,18,20). The van der Waals surface area contributed by atoms with Crippen LogP contribution in [0.4, 0.5) is 10.5 Å². The molecule has 22 heavy (non-hydrogen) atoms. The van der Waals surface area contributed by atoms with Crippen molar-refractivity contribution >= 4 is 11.7 Å². The number of fused-ring (bicyclic) bond motifs is 1. The van der Waals surface area contributed by atoms with Gasteiger partial charge in [0.2, 0.25) is 6.79 Å². The number of rotatable bonds is 2. The third-order valence-electron chi connectivity index (χ3n) is 4.09. The fourth-order valence-electron chi connectivity index (χ4n) is 2.82. The van der Waals surface area contributed by atoms with Crippen LogP contribution in [0.5, 0.6) is 11.5 Å². The van der Waals surface area contributed by atoms with Crippen molar-refractivity contribution in [1.29, 1.82) is 0 Å². The van der Waals surface area contributed by atoms with Gasteiger partial charge in [-0.3, -0.25) is 0 Å². The lowest BCUT2D eigenvalue weighted by Gasteiger charge is -2.41. The van der Waals surface area contributed by atoms with Gasteiger partial charge in [0.15, 0.2) is 11.5 Å². The third kappa shape index (κ3) is 2.24. The monoisotopic (exact) mass is 296 g/mol. The number of nitrogens with zero attached hydrogens (tertiary/aromatic N) is 1. The number of likely N-dealkylation sites (tertiary alicyclic amines) is 1. The molecule has 5 heteroatoms. The molecule has 0 bridgehead atoms. The van der Waals surface area contributed by atoms with Crippen LogP contribution in [-0.4, -0.2) is 24.3 Å². The van der Waals surface area contributed by atoms with Gasteiger partial charge in [0.1, 0.15) is 0 Å². The van der Waals surface area contributed by atoms with Crippen molar-refractivity contribution < 1.29 is 14.3 Å². The van der Waals surface area contributed by atoms with E-state index >= 15 is 0 Å². The van der Waals surface area contributed by atoms with Crippen LogP contribution in [0.25, 0.3) is 0 Å². The minimum absolute atomic E-state index is 0.0843. The zero-order valence-electron chi connectivity index (χ0n) is 12.0.